The molecule has 0 radical (unpaired) electrons. The molecule has 1 unspecified atom stereocenters. The average Bonchev–Trinajstić information content (AvgIpc) is 2.67. The minimum atomic E-state index is -0.0967. The van der Waals surface area contributed by atoms with Gasteiger partial charge in [-0.25, -0.2) is 0 Å². The second-order valence-electron chi connectivity index (χ2n) is 6.67. The van der Waals surface area contributed by atoms with Crippen molar-refractivity contribution in [2.75, 3.05) is 5.43 Å². The maximum absolute atomic E-state index is 9.76. The molecule has 27 heavy (non-hydrogen) atoms. The minimum absolute atomic E-state index is 0.0967. The number of hydrogen-bond donors (Lipinski definition) is 3. The van der Waals surface area contributed by atoms with Crippen molar-refractivity contribution in [1.82, 2.24) is 0 Å². The SMILES string of the molecule is Cc1ccc(NN=C2Oc3cc(O)ccc3CC2c2ccc(O)cc2)cc1. The van der Waals surface area contributed by atoms with Crippen molar-refractivity contribution in [2.45, 2.75) is 19.3 Å². The molecule has 0 bridgehead atoms. The molecule has 1 atom stereocenters. The number of aryl methyl sites for hydroxylation is 1. The predicted molar refractivity (Wildman–Crippen MR) is 106 cm³/mol. The van der Waals surface area contributed by atoms with Gasteiger partial charge in [0.1, 0.15) is 17.2 Å². The smallest absolute Gasteiger partial charge is 0.220 e. The number of benzene rings is 3. The second kappa shape index (κ2) is 7.03. The number of nitrogens with zero attached hydrogens (tertiary/aromatic N) is 1. The van der Waals surface area contributed by atoms with E-state index >= 15 is 0 Å². The van der Waals surface area contributed by atoms with Gasteiger partial charge in [-0.2, -0.15) is 0 Å². The minimum Gasteiger partial charge on any atom is -0.508 e. The number of aromatic hydroxyl groups is 2. The summed E-state index contributed by atoms with van der Waals surface area (Å²) in [6, 6.07) is 20.1. The van der Waals surface area contributed by atoms with Crippen molar-refractivity contribution in [2.24, 2.45) is 5.10 Å². The zero-order chi connectivity index (χ0) is 18.8. The van der Waals surface area contributed by atoms with E-state index in [1.807, 2.05) is 49.4 Å². The Hall–Kier alpha value is -3.47. The Morgan fingerprint density at radius 1 is 0.926 bits per heavy atom. The summed E-state index contributed by atoms with van der Waals surface area (Å²) in [6.45, 7) is 2.03. The van der Waals surface area contributed by atoms with Crippen LogP contribution in [0, 0.1) is 6.92 Å². The van der Waals surface area contributed by atoms with Gasteiger partial charge in [0.15, 0.2) is 0 Å². The van der Waals surface area contributed by atoms with E-state index in [1.165, 1.54) is 5.56 Å². The number of phenolic OH excluding ortho intramolecular Hbond substituents is 2. The van der Waals surface area contributed by atoms with Crippen LogP contribution in [0.3, 0.4) is 0 Å². The molecule has 0 fully saturated rings. The van der Waals surface area contributed by atoms with Crippen LogP contribution in [0.5, 0.6) is 17.2 Å². The van der Waals surface area contributed by atoms with Gasteiger partial charge in [-0.15, -0.1) is 5.10 Å². The zero-order valence-corrected chi connectivity index (χ0v) is 14.9. The van der Waals surface area contributed by atoms with Gasteiger partial charge in [0, 0.05) is 6.07 Å². The first-order chi connectivity index (χ1) is 13.1. The van der Waals surface area contributed by atoms with Gasteiger partial charge in [-0.05, 0) is 54.8 Å². The summed E-state index contributed by atoms with van der Waals surface area (Å²) in [5.74, 6) is 1.40. The van der Waals surface area contributed by atoms with Crippen molar-refractivity contribution >= 4 is 11.6 Å². The van der Waals surface area contributed by atoms with E-state index < -0.39 is 0 Å². The molecule has 1 heterocycles. The van der Waals surface area contributed by atoms with Crippen LogP contribution in [0.4, 0.5) is 5.69 Å². The number of phenols is 2. The molecule has 4 rings (SSSR count). The number of ether oxygens (including phenoxy) is 1. The second-order valence-corrected chi connectivity index (χ2v) is 6.67. The Labute approximate surface area is 157 Å². The summed E-state index contributed by atoms with van der Waals surface area (Å²) < 4.78 is 6.02. The first kappa shape index (κ1) is 17.0. The molecular weight excluding hydrogens is 340 g/mol. The monoisotopic (exact) mass is 360 g/mol. The lowest BCUT2D eigenvalue weighted by atomic mass is 9.89. The van der Waals surface area contributed by atoms with Crippen molar-refractivity contribution < 1.29 is 14.9 Å². The van der Waals surface area contributed by atoms with E-state index in [1.54, 1.807) is 24.3 Å². The highest BCUT2D eigenvalue weighted by atomic mass is 16.5. The van der Waals surface area contributed by atoms with Crippen LogP contribution in [-0.2, 0) is 6.42 Å². The standard InChI is InChI=1S/C22H20N2O3/c1-14-2-7-17(8-3-14)23-24-22-20(15-4-9-18(25)10-5-15)12-16-6-11-19(26)13-21(16)27-22/h2-11,13,20,23,25-26H,12H2,1H3. The summed E-state index contributed by atoms with van der Waals surface area (Å²) >= 11 is 0. The maximum Gasteiger partial charge on any atom is 0.220 e. The molecule has 0 aromatic heterocycles. The highest BCUT2D eigenvalue weighted by Gasteiger charge is 2.28. The van der Waals surface area contributed by atoms with Crippen molar-refractivity contribution in [3.8, 4) is 17.2 Å². The Bertz CT molecular complexity index is 979. The summed E-state index contributed by atoms with van der Waals surface area (Å²) in [7, 11) is 0. The van der Waals surface area contributed by atoms with Gasteiger partial charge < -0.3 is 14.9 Å². The molecule has 3 N–H and O–H groups in total. The topological polar surface area (TPSA) is 74.1 Å². The van der Waals surface area contributed by atoms with Gasteiger partial charge in [0.2, 0.25) is 5.90 Å². The molecule has 1 aliphatic rings. The van der Waals surface area contributed by atoms with E-state index in [9.17, 15) is 10.2 Å². The van der Waals surface area contributed by atoms with Crippen LogP contribution in [0.25, 0.3) is 0 Å². The Morgan fingerprint density at radius 2 is 1.63 bits per heavy atom. The third kappa shape index (κ3) is 3.72. The fourth-order valence-corrected chi connectivity index (χ4v) is 3.11. The molecule has 136 valence electrons. The van der Waals surface area contributed by atoms with Crippen molar-refractivity contribution in [3.63, 3.8) is 0 Å². The molecule has 0 saturated carbocycles. The molecule has 3 aromatic carbocycles. The quantitative estimate of drug-likeness (QED) is 0.599. The number of anilines is 1. The Morgan fingerprint density at radius 3 is 2.37 bits per heavy atom. The van der Waals surface area contributed by atoms with Gasteiger partial charge in [-0.1, -0.05) is 35.9 Å². The van der Waals surface area contributed by atoms with Crippen LogP contribution in [0.15, 0.2) is 71.8 Å². The number of nitrogens with one attached hydrogen (secondary N) is 1. The normalized spacial score (nSPS) is 17.2. The fraction of sp³-hybridized carbons (Fsp3) is 0.136. The van der Waals surface area contributed by atoms with Crippen molar-refractivity contribution in [3.05, 3.63) is 83.4 Å². The summed E-state index contributed by atoms with van der Waals surface area (Å²) in [5, 5.41) is 23.8. The third-order valence-electron chi connectivity index (χ3n) is 4.63. The molecule has 0 saturated heterocycles. The van der Waals surface area contributed by atoms with Crippen LogP contribution in [0.1, 0.15) is 22.6 Å². The number of fused-ring (bicyclic) bond motifs is 1. The number of hydrazone groups is 1. The maximum atomic E-state index is 9.76. The van der Waals surface area contributed by atoms with Gasteiger partial charge in [0.05, 0.1) is 11.6 Å². The van der Waals surface area contributed by atoms with E-state index in [4.69, 9.17) is 4.74 Å². The molecule has 0 aliphatic carbocycles. The van der Waals surface area contributed by atoms with Gasteiger partial charge in [0.25, 0.3) is 0 Å². The number of hydrogen-bond acceptors (Lipinski definition) is 5. The Balaban J connectivity index is 1.69. The van der Waals surface area contributed by atoms with Crippen LogP contribution in [0.2, 0.25) is 0 Å². The molecule has 5 nitrogen and oxygen atoms in total. The zero-order valence-electron chi connectivity index (χ0n) is 14.9. The summed E-state index contributed by atoms with van der Waals surface area (Å²) in [6.07, 6.45) is 0.689. The lowest BCUT2D eigenvalue weighted by Gasteiger charge is -2.27. The van der Waals surface area contributed by atoms with Crippen LogP contribution >= 0.6 is 0 Å². The summed E-state index contributed by atoms with van der Waals surface area (Å²) in [5.41, 5.74) is 7.08. The molecular formula is C22H20N2O3. The molecule has 0 spiro atoms. The average molecular weight is 360 g/mol. The third-order valence-corrected chi connectivity index (χ3v) is 4.63. The Kier molecular flexibility index (Phi) is 4.42. The van der Waals surface area contributed by atoms with E-state index in [-0.39, 0.29) is 17.4 Å². The first-order valence-corrected chi connectivity index (χ1v) is 8.77. The lowest BCUT2D eigenvalue weighted by Crippen LogP contribution is -2.27. The molecule has 3 aromatic rings. The van der Waals surface area contributed by atoms with Crippen LogP contribution in [-0.4, -0.2) is 16.1 Å². The van der Waals surface area contributed by atoms with Gasteiger partial charge in [-0.3, -0.25) is 5.43 Å². The van der Waals surface area contributed by atoms with Crippen LogP contribution < -0.4 is 10.2 Å². The van der Waals surface area contributed by atoms with Crippen molar-refractivity contribution in [1.29, 1.82) is 0 Å². The number of rotatable bonds is 3. The molecule has 5 heteroatoms. The highest BCUT2D eigenvalue weighted by Crippen LogP contribution is 2.36. The first-order valence-electron chi connectivity index (χ1n) is 8.77. The van der Waals surface area contributed by atoms with E-state index in [2.05, 4.69) is 10.5 Å². The lowest BCUT2D eigenvalue weighted by molar-refractivity contribution is 0.453. The largest absolute Gasteiger partial charge is 0.508 e. The van der Waals surface area contributed by atoms with E-state index in [0.29, 0.717) is 18.1 Å². The molecule has 0 amide bonds. The van der Waals surface area contributed by atoms with Gasteiger partial charge >= 0.3 is 0 Å². The van der Waals surface area contributed by atoms with E-state index in [0.717, 1.165) is 16.8 Å². The highest BCUT2D eigenvalue weighted by molar-refractivity contribution is 5.88. The fourth-order valence-electron chi connectivity index (χ4n) is 3.11. The summed E-state index contributed by atoms with van der Waals surface area (Å²) in [4.78, 5) is 0. The predicted octanol–water partition coefficient (Wildman–Crippen LogP) is 4.55. The molecule has 1 aliphatic heterocycles.